The molecule has 0 radical (unpaired) electrons. The summed E-state index contributed by atoms with van der Waals surface area (Å²) < 4.78 is 94.6. The highest BCUT2D eigenvalue weighted by molar-refractivity contribution is 7.15. The molecule has 0 fully saturated rings. The number of halogens is 6. The smallest absolute Gasteiger partial charge is 0.482 e. The van der Waals surface area contributed by atoms with Gasteiger partial charge in [0.25, 0.3) is 0 Å². The molecule has 1 aliphatic heterocycles. The van der Waals surface area contributed by atoms with Crippen molar-refractivity contribution < 1.29 is 54.9 Å². The molecule has 4 aromatic rings. The third-order valence-electron chi connectivity index (χ3n) is 7.39. The quantitative estimate of drug-likeness (QED) is 0.124. The fourth-order valence-electron chi connectivity index (χ4n) is 5.01. The number of thiophene rings is 1. The van der Waals surface area contributed by atoms with E-state index in [4.69, 9.17) is 14.5 Å². The van der Waals surface area contributed by atoms with Gasteiger partial charge in [-0.3, -0.25) is 14.4 Å². The van der Waals surface area contributed by atoms with E-state index in [9.17, 15) is 40.7 Å². The molecule has 0 spiro atoms. The highest BCUT2D eigenvalue weighted by atomic mass is 32.1. The van der Waals surface area contributed by atoms with E-state index >= 15 is 0 Å². The van der Waals surface area contributed by atoms with Crippen molar-refractivity contribution in [2.75, 3.05) is 13.7 Å². The van der Waals surface area contributed by atoms with Gasteiger partial charge >= 0.3 is 30.3 Å². The second-order valence-electron chi connectivity index (χ2n) is 10.5. The van der Waals surface area contributed by atoms with E-state index in [1.807, 2.05) is 18.4 Å². The molecule has 0 N–H and O–H groups in total. The number of carbonyl (C=O) groups is 3. The lowest BCUT2D eigenvalue weighted by molar-refractivity contribution is -0.202. The molecule has 48 heavy (non-hydrogen) atoms. The van der Waals surface area contributed by atoms with Crippen LogP contribution in [0.25, 0.3) is 16.1 Å². The first kappa shape index (κ1) is 34.3. The van der Waals surface area contributed by atoms with Crippen LogP contribution in [-0.4, -0.2) is 58.3 Å². The number of fused-ring (bicyclic) bond motifs is 3. The number of rotatable bonds is 7. The maximum Gasteiger partial charge on any atom is 0.491 e. The number of carbonyl (C=O) groups excluding carboxylic acids is 3. The Balaban J connectivity index is 1.50. The topological polar surface area (TPSA) is 122 Å². The summed E-state index contributed by atoms with van der Waals surface area (Å²) in [5, 5.41) is 9.27. The predicted molar refractivity (Wildman–Crippen MR) is 158 cm³/mol. The van der Waals surface area contributed by atoms with Crippen molar-refractivity contribution in [2.45, 2.75) is 45.6 Å². The average Bonchev–Trinajstić information content (AvgIpc) is 3.50. The minimum atomic E-state index is -5.44. The van der Waals surface area contributed by atoms with Gasteiger partial charge in [0.15, 0.2) is 12.4 Å². The van der Waals surface area contributed by atoms with Gasteiger partial charge in [0.2, 0.25) is 0 Å². The van der Waals surface area contributed by atoms with Gasteiger partial charge in [-0.25, -0.2) is 9.59 Å². The van der Waals surface area contributed by atoms with Gasteiger partial charge in [-0.1, -0.05) is 30.3 Å². The van der Waals surface area contributed by atoms with Gasteiger partial charge in [0.05, 0.1) is 24.8 Å². The summed E-state index contributed by atoms with van der Waals surface area (Å²) in [5.74, 6) is -4.53. The fourth-order valence-corrected chi connectivity index (χ4v) is 6.22. The fraction of sp³-hybridized carbons (Fsp3) is 0.290. The van der Waals surface area contributed by atoms with Crippen LogP contribution in [0.1, 0.15) is 51.2 Å². The van der Waals surface area contributed by atoms with Crippen LogP contribution in [0.3, 0.4) is 0 Å². The van der Waals surface area contributed by atoms with Gasteiger partial charge in [-0.2, -0.15) is 26.3 Å². The SMILES string of the molecule is COC(=O)C[C@@H]1N=C(c2ccc(-c3ccc(OCC(=O)OC(=O)C(F)(F)F)cc3C(F)(F)F)cc2)c2c(sc(C)c2C)-n2c(C)nnc21. The Labute approximate surface area is 272 Å². The van der Waals surface area contributed by atoms with Crippen LogP contribution in [-0.2, 0) is 30.0 Å². The van der Waals surface area contributed by atoms with Crippen molar-refractivity contribution in [1.82, 2.24) is 14.8 Å². The van der Waals surface area contributed by atoms with Crippen LogP contribution in [0, 0.1) is 20.8 Å². The second kappa shape index (κ2) is 12.9. The minimum absolute atomic E-state index is 0.136. The maximum absolute atomic E-state index is 14.2. The Bertz CT molecular complexity index is 1950. The largest absolute Gasteiger partial charge is 0.491 e. The van der Waals surface area contributed by atoms with Crippen LogP contribution in [0.5, 0.6) is 5.75 Å². The van der Waals surface area contributed by atoms with E-state index < -0.39 is 54.2 Å². The summed E-state index contributed by atoms with van der Waals surface area (Å²) in [5.41, 5.74) is 1.46. The molecule has 0 aliphatic carbocycles. The molecule has 2 aromatic heterocycles. The van der Waals surface area contributed by atoms with E-state index in [0.29, 0.717) is 29.0 Å². The molecule has 10 nitrogen and oxygen atoms in total. The summed E-state index contributed by atoms with van der Waals surface area (Å²) in [7, 11) is 1.26. The number of alkyl halides is 6. The third kappa shape index (κ3) is 6.81. The summed E-state index contributed by atoms with van der Waals surface area (Å²) in [6.45, 7) is 4.39. The number of aromatic nitrogens is 3. The Morgan fingerprint density at radius 3 is 2.21 bits per heavy atom. The summed E-state index contributed by atoms with van der Waals surface area (Å²) >= 11 is 1.49. The number of hydrogen-bond donors (Lipinski definition) is 0. The zero-order valence-corrected chi connectivity index (χ0v) is 26.3. The average molecular weight is 695 g/mol. The molecule has 0 saturated carbocycles. The number of benzene rings is 2. The number of esters is 3. The normalized spacial score (nSPS) is 14.4. The van der Waals surface area contributed by atoms with Crippen molar-refractivity contribution in [3.05, 3.63) is 81.2 Å². The molecular formula is C31H24F6N4O6S. The monoisotopic (exact) mass is 694 g/mol. The van der Waals surface area contributed by atoms with Crippen molar-refractivity contribution >= 4 is 35.0 Å². The lowest BCUT2D eigenvalue weighted by Gasteiger charge is -2.16. The highest BCUT2D eigenvalue weighted by Crippen LogP contribution is 2.42. The molecule has 0 saturated heterocycles. The first-order valence-electron chi connectivity index (χ1n) is 13.9. The summed E-state index contributed by atoms with van der Waals surface area (Å²) in [4.78, 5) is 40.6. The Hall–Kier alpha value is -5.06. The van der Waals surface area contributed by atoms with Crippen LogP contribution in [0.2, 0.25) is 0 Å². The Morgan fingerprint density at radius 2 is 1.58 bits per heavy atom. The molecule has 1 aliphatic rings. The van der Waals surface area contributed by atoms with Gasteiger partial charge in [-0.15, -0.1) is 21.5 Å². The van der Waals surface area contributed by atoms with Gasteiger partial charge < -0.3 is 14.2 Å². The predicted octanol–water partition coefficient (Wildman–Crippen LogP) is 6.41. The molecule has 252 valence electrons. The zero-order chi connectivity index (χ0) is 35.1. The van der Waals surface area contributed by atoms with Crippen LogP contribution < -0.4 is 4.74 Å². The first-order valence-corrected chi connectivity index (χ1v) is 14.7. The second-order valence-corrected chi connectivity index (χ2v) is 11.7. The lowest BCUT2D eigenvalue weighted by Crippen LogP contribution is -2.30. The van der Waals surface area contributed by atoms with Crippen molar-refractivity contribution in [2.24, 2.45) is 4.99 Å². The van der Waals surface area contributed by atoms with Crippen LogP contribution in [0.15, 0.2) is 47.5 Å². The van der Waals surface area contributed by atoms with Gasteiger partial charge in [0.1, 0.15) is 22.6 Å². The number of ether oxygens (including phenoxy) is 3. The molecule has 0 bridgehead atoms. The number of nitrogens with zero attached hydrogens (tertiary/aromatic N) is 4. The molecule has 2 aromatic carbocycles. The molecular weight excluding hydrogens is 670 g/mol. The van der Waals surface area contributed by atoms with Crippen molar-refractivity contribution in [3.8, 4) is 21.9 Å². The molecule has 0 amide bonds. The summed E-state index contributed by atoms with van der Waals surface area (Å²) in [6.07, 6.45) is -10.5. The van der Waals surface area contributed by atoms with E-state index in [-0.39, 0.29) is 17.5 Å². The highest BCUT2D eigenvalue weighted by Gasteiger charge is 2.42. The van der Waals surface area contributed by atoms with Crippen LogP contribution in [0.4, 0.5) is 26.3 Å². The molecule has 0 unspecified atom stereocenters. The number of hydrogen-bond acceptors (Lipinski definition) is 10. The number of methoxy groups -OCH3 is 1. The van der Waals surface area contributed by atoms with E-state index in [2.05, 4.69) is 14.9 Å². The Morgan fingerprint density at radius 1 is 0.917 bits per heavy atom. The number of aliphatic imine (C=N–C) groups is 1. The third-order valence-corrected chi connectivity index (χ3v) is 8.58. The standard InChI is InChI=1S/C31H24F6N4O6S/c1-14-15(2)48-28-25(14)26(38-22(12-23(42)45-4)27-40-39-16(3)41(27)28)18-7-5-17(6-8-18)20-10-9-19(11-21(20)30(32,33)34)46-13-24(43)47-29(44)31(35,36)37/h5-11,22H,12-13H2,1-4H3/t22-/m0/s1. The Kier molecular flexibility index (Phi) is 9.18. The molecule has 5 rings (SSSR count). The molecule has 1 atom stereocenters. The zero-order valence-electron chi connectivity index (χ0n) is 25.4. The summed E-state index contributed by atoms with van der Waals surface area (Å²) in [6, 6.07) is 8.08. The van der Waals surface area contributed by atoms with E-state index in [0.717, 1.165) is 33.1 Å². The molecule has 17 heteroatoms. The van der Waals surface area contributed by atoms with E-state index in [1.165, 1.54) is 30.6 Å². The van der Waals surface area contributed by atoms with Crippen LogP contribution >= 0.6 is 11.3 Å². The lowest BCUT2D eigenvalue weighted by atomic mass is 9.95. The van der Waals surface area contributed by atoms with Crippen molar-refractivity contribution in [1.29, 1.82) is 0 Å². The molecule has 3 heterocycles. The maximum atomic E-state index is 14.2. The number of aryl methyl sites for hydroxylation is 2. The first-order chi connectivity index (χ1) is 22.5. The van der Waals surface area contributed by atoms with E-state index in [1.54, 1.807) is 19.1 Å². The van der Waals surface area contributed by atoms with Crippen molar-refractivity contribution in [3.63, 3.8) is 0 Å². The van der Waals surface area contributed by atoms with Gasteiger partial charge in [0, 0.05) is 16.0 Å². The minimum Gasteiger partial charge on any atom is -0.482 e. The van der Waals surface area contributed by atoms with Gasteiger partial charge in [-0.05, 0) is 49.6 Å².